The number of carbonyl (C=O) groups excluding carboxylic acids is 2. The number of unbranched alkanes of at least 4 members (excludes halogenated alkanes) is 10. The van der Waals surface area contributed by atoms with Crippen molar-refractivity contribution in [2.24, 2.45) is 0 Å². The summed E-state index contributed by atoms with van der Waals surface area (Å²) in [6, 6.07) is 4.61. The first kappa shape index (κ1) is 22.4. The van der Waals surface area contributed by atoms with Crippen LogP contribution in [0.1, 0.15) is 113 Å². The van der Waals surface area contributed by atoms with Gasteiger partial charge in [0.2, 0.25) is 0 Å². The van der Waals surface area contributed by atoms with Gasteiger partial charge in [0.05, 0.1) is 25.7 Å². The fraction of sp³-hybridized carbons (Fsp3) is 0.667. The van der Waals surface area contributed by atoms with E-state index in [1.165, 1.54) is 50.7 Å². The monoisotopic (exact) mass is 391 g/mol. The Kier molecular flexibility index (Phi) is 12.9. The zero-order valence-corrected chi connectivity index (χ0v) is 17.8. The summed E-state index contributed by atoms with van der Waals surface area (Å²) in [4.78, 5) is 24.9. The number of carbonyl (C=O) groups is 2. The second-order valence-corrected chi connectivity index (χ2v) is 7.27. The molecule has 1 aromatic rings. The molecule has 0 fully saturated rings. The normalized spacial score (nSPS) is 11.1. The summed E-state index contributed by atoms with van der Waals surface area (Å²) < 4.78 is 18.7. The highest BCUT2D eigenvalue weighted by Gasteiger charge is 2.18. The number of hydrogen-bond donors (Lipinski definition) is 0. The highest BCUT2D eigenvalue weighted by atomic mass is 16.5. The molecular formula is C24H38O4. The molecule has 0 saturated carbocycles. The van der Waals surface area contributed by atoms with E-state index in [9.17, 15) is 9.59 Å². The molecular weight excluding hydrogens is 352 g/mol. The van der Waals surface area contributed by atoms with Crippen LogP contribution < -0.4 is 0 Å². The van der Waals surface area contributed by atoms with Crippen molar-refractivity contribution in [3.8, 4) is 0 Å². The second-order valence-electron chi connectivity index (χ2n) is 7.27. The lowest BCUT2D eigenvalue weighted by Gasteiger charge is -2.10. The Hall–Kier alpha value is -1.84. The number of esters is 2. The van der Waals surface area contributed by atoms with Gasteiger partial charge >= 0.3 is 11.9 Å². The molecule has 4 nitrogen and oxygen atoms in total. The maximum atomic E-state index is 12.5. The van der Waals surface area contributed by atoms with E-state index in [0.29, 0.717) is 13.2 Å². The molecule has 0 amide bonds. The predicted molar refractivity (Wildman–Crippen MR) is 114 cm³/mol. The van der Waals surface area contributed by atoms with Crippen LogP contribution in [-0.2, 0) is 9.47 Å². The van der Waals surface area contributed by atoms with Gasteiger partial charge in [-0.3, -0.25) is 0 Å². The van der Waals surface area contributed by atoms with Gasteiger partial charge in [-0.2, -0.15) is 0 Å². The fourth-order valence-corrected chi connectivity index (χ4v) is 3.02. The summed E-state index contributed by atoms with van der Waals surface area (Å²) >= 11 is 0. The third-order valence-electron chi connectivity index (χ3n) is 4.74. The average Bonchev–Trinajstić information content (AvgIpc) is 2.72. The van der Waals surface area contributed by atoms with Crippen molar-refractivity contribution in [2.75, 3.05) is 13.2 Å². The molecule has 0 aliphatic carbocycles. The first-order valence-corrected chi connectivity index (χ1v) is 11.1. The highest BCUT2D eigenvalue weighted by molar-refractivity contribution is 6.03. The van der Waals surface area contributed by atoms with Crippen LogP contribution in [0.5, 0.6) is 0 Å². The lowest BCUT2D eigenvalue weighted by Crippen LogP contribution is -2.15. The number of benzene rings is 1. The molecule has 1 aromatic carbocycles. The fourth-order valence-electron chi connectivity index (χ4n) is 3.02. The molecule has 158 valence electrons. The highest BCUT2D eigenvalue weighted by Crippen LogP contribution is 2.14. The largest absolute Gasteiger partial charge is 0.462 e. The van der Waals surface area contributed by atoms with Crippen LogP contribution in [0, 0.1) is 0 Å². The van der Waals surface area contributed by atoms with Crippen LogP contribution in [0.2, 0.25) is 0 Å². The third-order valence-corrected chi connectivity index (χ3v) is 4.74. The summed E-state index contributed by atoms with van der Waals surface area (Å²) in [7, 11) is 0. The zero-order valence-electron chi connectivity index (χ0n) is 18.8. The van der Waals surface area contributed by atoms with Gasteiger partial charge in [-0.05, 0) is 25.0 Å². The van der Waals surface area contributed by atoms with E-state index >= 15 is 0 Å². The molecule has 0 N–H and O–H groups in total. The van der Waals surface area contributed by atoms with Crippen LogP contribution in [-0.4, -0.2) is 25.2 Å². The SMILES string of the molecule is [2H]c1cccc(C(=O)OCCCCCCCC)c1C(=O)OCCCCCCCC. The quantitative estimate of drug-likeness (QED) is 0.232. The molecule has 0 heterocycles. The van der Waals surface area contributed by atoms with Crippen molar-refractivity contribution >= 4 is 11.9 Å². The molecule has 4 heteroatoms. The van der Waals surface area contributed by atoms with Gasteiger partial charge in [0, 0.05) is 0 Å². The molecule has 28 heavy (non-hydrogen) atoms. The molecule has 0 spiro atoms. The van der Waals surface area contributed by atoms with Crippen molar-refractivity contribution < 1.29 is 20.4 Å². The summed E-state index contributed by atoms with van der Waals surface area (Å²) in [6.07, 6.45) is 13.2. The Bertz CT molecular complexity index is 601. The molecule has 0 saturated heterocycles. The Morgan fingerprint density at radius 1 is 0.714 bits per heavy atom. The van der Waals surface area contributed by atoms with Crippen LogP contribution >= 0.6 is 0 Å². The Balaban J connectivity index is 2.46. The molecule has 0 atom stereocenters. The smallest absolute Gasteiger partial charge is 0.339 e. The summed E-state index contributed by atoms with van der Waals surface area (Å²) in [5.74, 6) is -1.17. The minimum absolute atomic E-state index is 0.00595. The average molecular weight is 392 g/mol. The van der Waals surface area contributed by atoms with E-state index in [0.717, 1.165) is 38.5 Å². The van der Waals surface area contributed by atoms with E-state index < -0.39 is 11.9 Å². The predicted octanol–water partition coefficient (Wildman–Crippen LogP) is 6.72. The lowest BCUT2D eigenvalue weighted by molar-refractivity contribution is 0.0450. The van der Waals surface area contributed by atoms with Gasteiger partial charge in [-0.15, -0.1) is 0 Å². The molecule has 0 unspecified atom stereocenters. The van der Waals surface area contributed by atoms with Crippen LogP contribution in [0.25, 0.3) is 0 Å². The second kappa shape index (κ2) is 16.1. The molecule has 0 aromatic heterocycles. The van der Waals surface area contributed by atoms with Gasteiger partial charge < -0.3 is 9.47 Å². The topological polar surface area (TPSA) is 52.6 Å². The van der Waals surface area contributed by atoms with E-state index in [1.807, 2.05) is 0 Å². The van der Waals surface area contributed by atoms with Gasteiger partial charge in [-0.1, -0.05) is 90.2 Å². The summed E-state index contributed by atoms with van der Waals surface area (Å²) in [5, 5.41) is 0. The van der Waals surface area contributed by atoms with Crippen molar-refractivity contribution in [3.05, 3.63) is 35.4 Å². The standard InChI is InChI=1S/C24H38O4/c1-3-5-7-9-11-15-19-27-23(25)21-17-13-14-18-22(21)24(26)28-20-16-12-10-8-6-4-2/h13-14,17-18H,3-12,15-16,19-20H2,1-2H3/i17D. The summed E-state index contributed by atoms with van der Waals surface area (Å²) in [5.41, 5.74) is 0.128. The Morgan fingerprint density at radius 3 is 1.71 bits per heavy atom. The molecule has 0 radical (unpaired) electrons. The van der Waals surface area contributed by atoms with Crippen molar-refractivity contribution in [2.45, 2.75) is 90.9 Å². The van der Waals surface area contributed by atoms with Crippen molar-refractivity contribution in [1.82, 2.24) is 0 Å². The summed E-state index contributed by atoms with van der Waals surface area (Å²) in [6.45, 7) is 5.00. The molecule has 0 bridgehead atoms. The van der Waals surface area contributed by atoms with Crippen LogP contribution in [0.15, 0.2) is 24.2 Å². The van der Waals surface area contributed by atoms with E-state index in [4.69, 9.17) is 10.8 Å². The van der Waals surface area contributed by atoms with Gasteiger partial charge in [0.25, 0.3) is 0 Å². The van der Waals surface area contributed by atoms with Gasteiger partial charge in [-0.25, -0.2) is 9.59 Å². The molecule has 0 aliphatic rings. The number of ether oxygens (including phenoxy) is 2. The maximum Gasteiger partial charge on any atom is 0.339 e. The third kappa shape index (κ3) is 10.5. The first-order chi connectivity index (χ1) is 14.1. The number of hydrogen-bond acceptors (Lipinski definition) is 4. The van der Waals surface area contributed by atoms with E-state index in [1.54, 1.807) is 6.07 Å². The lowest BCUT2D eigenvalue weighted by atomic mass is 10.1. The van der Waals surface area contributed by atoms with Crippen molar-refractivity contribution in [1.29, 1.82) is 0 Å². The van der Waals surface area contributed by atoms with Gasteiger partial charge in [0.15, 0.2) is 0 Å². The Morgan fingerprint density at radius 2 is 1.18 bits per heavy atom. The van der Waals surface area contributed by atoms with E-state index in [-0.39, 0.29) is 17.2 Å². The number of rotatable bonds is 16. The van der Waals surface area contributed by atoms with Crippen molar-refractivity contribution in [3.63, 3.8) is 0 Å². The van der Waals surface area contributed by atoms with Crippen LogP contribution in [0.4, 0.5) is 0 Å². The maximum absolute atomic E-state index is 12.5. The first-order valence-electron chi connectivity index (χ1n) is 11.6. The Labute approximate surface area is 172 Å². The minimum Gasteiger partial charge on any atom is -0.462 e. The molecule has 1 rings (SSSR count). The van der Waals surface area contributed by atoms with Crippen LogP contribution in [0.3, 0.4) is 0 Å². The van der Waals surface area contributed by atoms with Gasteiger partial charge in [0.1, 0.15) is 0 Å². The van der Waals surface area contributed by atoms with E-state index in [2.05, 4.69) is 13.8 Å². The molecule has 0 aliphatic heterocycles. The minimum atomic E-state index is -0.615. The zero-order chi connectivity index (χ0) is 21.3.